The number of methoxy groups -OCH3 is 1. The minimum Gasteiger partial charge on any atom is -0.469 e. The number of H-pyrrole nitrogens is 1. The van der Waals surface area contributed by atoms with Crippen LogP contribution >= 0.6 is 0 Å². The summed E-state index contributed by atoms with van der Waals surface area (Å²) in [7, 11) is 1.42. The first-order valence-corrected chi connectivity index (χ1v) is 10.1. The molecule has 0 radical (unpaired) electrons. The zero-order valence-corrected chi connectivity index (χ0v) is 16.7. The molecule has 0 spiro atoms. The second-order valence-electron chi connectivity index (χ2n) is 7.45. The van der Waals surface area contributed by atoms with Gasteiger partial charge in [0.05, 0.1) is 38.0 Å². The Labute approximate surface area is 173 Å². The summed E-state index contributed by atoms with van der Waals surface area (Å²) < 4.78 is 10.4. The highest BCUT2D eigenvalue weighted by Gasteiger charge is 2.31. The molecule has 10 heteroatoms. The van der Waals surface area contributed by atoms with Crippen molar-refractivity contribution in [2.45, 2.75) is 6.42 Å². The molecule has 2 aliphatic heterocycles. The van der Waals surface area contributed by atoms with E-state index in [1.165, 1.54) is 7.11 Å². The topological polar surface area (TPSA) is 109 Å². The second kappa shape index (κ2) is 7.86. The van der Waals surface area contributed by atoms with Crippen LogP contribution in [0.25, 0.3) is 22.3 Å². The van der Waals surface area contributed by atoms with Crippen LogP contribution in [-0.4, -0.2) is 77.6 Å². The van der Waals surface area contributed by atoms with Gasteiger partial charge in [0.25, 0.3) is 0 Å². The maximum atomic E-state index is 12.0. The number of anilines is 2. The van der Waals surface area contributed by atoms with Crippen molar-refractivity contribution < 1.29 is 14.3 Å². The molecule has 0 amide bonds. The van der Waals surface area contributed by atoms with Crippen LogP contribution in [0.4, 0.5) is 11.9 Å². The molecule has 1 atom stereocenters. The third-order valence-electron chi connectivity index (χ3n) is 5.64. The van der Waals surface area contributed by atoms with Gasteiger partial charge in [-0.25, -0.2) is 0 Å². The normalized spacial score (nSPS) is 19.4. The number of carbonyl (C=O) groups is 1. The van der Waals surface area contributed by atoms with Crippen LogP contribution in [0.1, 0.15) is 6.42 Å². The highest BCUT2D eigenvalue weighted by molar-refractivity contribution is 5.92. The fourth-order valence-corrected chi connectivity index (χ4v) is 3.98. The molecule has 2 aliphatic rings. The lowest BCUT2D eigenvalue weighted by molar-refractivity contribution is -0.144. The maximum Gasteiger partial charge on any atom is 0.310 e. The van der Waals surface area contributed by atoms with Crippen molar-refractivity contribution >= 4 is 28.8 Å². The fourth-order valence-electron chi connectivity index (χ4n) is 3.98. The average molecular weight is 409 g/mol. The predicted molar refractivity (Wildman–Crippen MR) is 110 cm³/mol. The third-order valence-corrected chi connectivity index (χ3v) is 5.64. The van der Waals surface area contributed by atoms with E-state index in [0.29, 0.717) is 44.0 Å². The third kappa shape index (κ3) is 3.43. The summed E-state index contributed by atoms with van der Waals surface area (Å²) in [6.07, 6.45) is 2.50. The Bertz CT molecular complexity index is 1060. The van der Waals surface area contributed by atoms with Gasteiger partial charge in [-0.3, -0.25) is 9.89 Å². The van der Waals surface area contributed by atoms with Gasteiger partial charge < -0.3 is 19.3 Å². The van der Waals surface area contributed by atoms with Crippen LogP contribution in [0.2, 0.25) is 0 Å². The molecule has 1 N–H and O–H groups in total. The van der Waals surface area contributed by atoms with E-state index in [4.69, 9.17) is 24.4 Å². The number of hydrogen-bond acceptors (Lipinski definition) is 9. The Balaban J connectivity index is 1.56. The summed E-state index contributed by atoms with van der Waals surface area (Å²) >= 11 is 0. The average Bonchev–Trinajstić information content (AvgIpc) is 3.48. The highest BCUT2D eigenvalue weighted by Crippen LogP contribution is 2.29. The van der Waals surface area contributed by atoms with E-state index in [1.807, 2.05) is 23.1 Å². The van der Waals surface area contributed by atoms with Gasteiger partial charge in [-0.15, -0.1) is 0 Å². The minimum absolute atomic E-state index is 0.167. The lowest BCUT2D eigenvalue weighted by Crippen LogP contribution is -2.38. The van der Waals surface area contributed by atoms with Gasteiger partial charge in [-0.1, -0.05) is 12.1 Å². The molecule has 1 aromatic carbocycles. The first-order valence-electron chi connectivity index (χ1n) is 10.1. The fraction of sp³-hybridized carbons (Fsp3) is 0.450. The maximum absolute atomic E-state index is 12.0. The van der Waals surface area contributed by atoms with Gasteiger partial charge in [0.1, 0.15) is 0 Å². The quantitative estimate of drug-likeness (QED) is 0.637. The number of ether oxygens (including phenoxy) is 2. The van der Waals surface area contributed by atoms with Crippen LogP contribution < -0.4 is 9.80 Å². The van der Waals surface area contributed by atoms with E-state index in [1.54, 1.807) is 6.20 Å². The molecule has 2 aromatic heterocycles. The molecule has 10 nitrogen and oxygen atoms in total. The standard InChI is InChI=1S/C20H23N7O3/c1-29-18(28)13-5-6-27(12-13)20-23-17(14-3-2-4-16-15(14)11-21-25-16)22-19(24-20)26-7-9-30-10-8-26/h2-4,11,13H,5-10,12H2,1H3,(H,21,25). The molecular weight excluding hydrogens is 386 g/mol. The lowest BCUT2D eigenvalue weighted by Gasteiger charge is -2.28. The first kappa shape index (κ1) is 18.7. The number of morpholine rings is 1. The molecule has 2 fully saturated rings. The molecule has 0 bridgehead atoms. The molecule has 156 valence electrons. The number of rotatable bonds is 4. The number of esters is 1. The molecule has 1 unspecified atom stereocenters. The van der Waals surface area contributed by atoms with Crippen molar-refractivity contribution in [2.75, 3.05) is 56.3 Å². The van der Waals surface area contributed by atoms with E-state index in [-0.39, 0.29) is 11.9 Å². The Morgan fingerprint density at radius 3 is 2.73 bits per heavy atom. The zero-order valence-electron chi connectivity index (χ0n) is 16.7. The zero-order chi connectivity index (χ0) is 20.5. The minimum atomic E-state index is -0.191. The molecular formula is C20H23N7O3. The summed E-state index contributed by atoms with van der Waals surface area (Å²) in [6, 6.07) is 5.91. The Morgan fingerprint density at radius 1 is 1.13 bits per heavy atom. The van der Waals surface area contributed by atoms with Crippen molar-refractivity contribution in [3.63, 3.8) is 0 Å². The van der Waals surface area contributed by atoms with Gasteiger partial charge in [0.15, 0.2) is 5.82 Å². The van der Waals surface area contributed by atoms with Gasteiger partial charge in [0, 0.05) is 37.1 Å². The molecule has 5 rings (SSSR count). The van der Waals surface area contributed by atoms with Gasteiger partial charge in [-0.05, 0) is 12.5 Å². The lowest BCUT2D eigenvalue weighted by atomic mass is 10.1. The molecule has 3 aromatic rings. The van der Waals surface area contributed by atoms with Crippen LogP contribution in [0.15, 0.2) is 24.4 Å². The smallest absolute Gasteiger partial charge is 0.310 e. The number of carbonyl (C=O) groups excluding carboxylic acids is 1. The van der Waals surface area contributed by atoms with E-state index in [9.17, 15) is 4.79 Å². The molecule has 0 saturated carbocycles. The Kier molecular flexibility index (Phi) is 4.91. The summed E-state index contributed by atoms with van der Waals surface area (Å²) in [4.78, 5) is 30.4. The summed E-state index contributed by atoms with van der Waals surface area (Å²) in [5.41, 5.74) is 1.82. The van der Waals surface area contributed by atoms with E-state index in [0.717, 1.165) is 36.0 Å². The van der Waals surface area contributed by atoms with Crippen LogP contribution in [0.3, 0.4) is 0 Å². The first-order chi connectivity index (χ1) is 14.7. The van der Waals surface area contributed by atoms with Crippen LogP contribution in [0, 0.1) is 5.92 Å². The van der Waals surface area contributed by atoms with Crippen molar-refractivity contribution in [3.8, 4) is 11.4 Å². The summed E-state index contributed by atoms with van der Waals surface area (Å²) in [5.74, 6) is 1.44. The van der Waals surface area contributed by atoms with Gasteiger partial charge in [0.2, 0.25) is 11.9 Å². The summed E-state index contributed by atoms with van der Waals surface area (Å²) in [5, 5.41) is 8.10. The van der Waals surface area contributed by atoms with E-state index >= 15 is 0 Å². The van der Waals surface area contributed by atoms with Crippen molar-refractivity contribution in [3.05, 3.63) is 24.4 Å². The number of nitrogens with one attached hydrogen (secondary N) is 1. The molecule has 4 heterocycles. The molecule has 2 saturated heterocycles. The number of nitrogens with zero attached hydrogens (tertiary/aromatic N) is 6. The Hall–Kier alpha value is -3.27. The van der Waals surface area contributed by atoms with Gasteiger partial charge >= 0.3 is 5.97 Å². The van der Waals surface area contributed by atoms with Crippen molar-refractivity contribution in [2.24, 2.45) is 5.92 Å². The Morgan fingerprint density at radius 2 is 1.93 bits per heavy atom. The second-order valence-corrected chi connectivity index (χ2v) is 7.45. The SMILES string of the molecule is COC(=O)C1CCN(c2nc(-c3cccc4[nH]ncc34)nc(N3CCOCC3)n2)C1. The van der Waals surface area contributed by atoms with E-state index in [2.05, 4.69) is 15.1 Å². The summed E-state index contributed by atoms with van der Waals surface area (Å²) in [6.45, 7) is 3.97. The predicted octanol–water partition coefficient (Wildman–Crippen LogP) is 1.25. The number of aromatic nitrogens is 5. The largest absolute Gasteiger partial charge is 0.469 e. The molecule has 30 heavy (non-hydrogen) atoms. The van der Waals surface area contributed by atoms with Crippen molar-refractivity contribution in [1.82, 2.24) is 25.1 Å². The highest BCUT2D eigenvalue weighted by atomic mass is 16.5. The van der Waals surface area contributed by atoms with Crippen molar-refractivity contribution in [1.29, 1.82) is 0 Å². The van der Waals surface area contributed by atoms with Crippen LogP contribution in [-0.2, 0) is 14.3 Å². The molecule has 0 aliphatic carbocycles. The number of benzene rings is 1. The number of aromatic amines is 1. The van der Waals surface area contributed by atoms with Gasteiger partial charge in [-0.2, -0.15) is 20.1 Å². The monoisotopic (exact) mass is 409 g/mol. The number of fused-ring (bicyclic) bond motifs is 1. The number of hydrogen-bond donors (Lipinski definition) is 1. The van der Waals surface area contributed by atoms with E-state index < -0.39 is 0 Å². The van der Waals surface area contributed by atoms with Crippen LogP contribution in [0.5, 0.6) is 0 Å².